The summed E-state index contributed by atoms with van der Waals surface area (Å²) >= 11 is 0. The van der Waals surface area contributed by atoms with Crippen LogP contribution >= 0.6 is 0 Å². The Balaban J connectivity index is 1.56. The first-order valence-electron chi connectivity index (χ1n) is 10.5. The van der Waals surface area contributed by atoms with Crippen LogP contribution in [0.15, 0.2) is 72.8 Å². The van der Waals surface area contributed by atoms with E-state index in [0.717, 1.165) is 34.6 Å². The Morgan fingerprint density at radius 3 is 2.26 bits per heavy atom. The Labute approximate surface area is 184 Å². The fourth-order valence-electron chi connectivity index (χ4n) is 3.48. The van der Waals surface area contributed by atoms with Gasteiger partial charge >= 0.3 is 0 Å². The van der Waals surface area contributed by atoms with Gasteiger partial charge in [-0.25, -0.2) is 0 Å². The van der Waals surface area contributed by atoms with Crippen molar-refractivity contribution in [2.75, 3.05) is 20.8 Å². The molecular weight excluding hydrogens is 390 g/mol. The van der Waals surface area contributed by atoms with Gasteiger partial charge in [0.25, 0.3) is 0 Å². The maximum atomic E-state index is 10.8. The van der Waals surface area contributed by atoms with E-state index in [1.165, 1.54) is 0 Å². The van der Waals surface area contributed by atoms with E-state index >= 15 is 0 Å². The smallest absolute Gasteiger partial charge is 0.160 e. The molecule has 0 bridgehead atoms. The normalized spacial score (nSPS) is 12.8. The van der Waals surface area contributed by atoms with Crippen LogP contribution in [0.4, 0.5) is 0 Å². The molecule has 2 N–H and O–H groups in total. The second-order valence-corrected chi connectivity index (χ2v) is 7.53. The molecule has 5 heteroatoms. The number of hydrogen-bond donors (Lipinski definition) is 2. The van der Waals surface area contributed by atoms with E-state index in [1.807, 2.05) is 72.8 Å². The van der Waals surface area contributed by atoms with Gasteiger partial charge in [0.05, 0.1) is 20.3 Å². The molecule has 2 atom stereocenters. The van der Waals surface area contributed by atoms with Gasteiger partial charge in [0.15, 0.2) is 11.5 Å². The molecule has 0 amide bonds. The van der Waals surface area contributed by atoms with Crippen molar-refractivity contribution in [3.05, 3.63) is 89.5 Å². The fraction of sp³-hybridized carbons (Fsp3) is 0.308. The molecular formula is C26H31NO4. The third kappa shape index (κ3) is 6.48. The van der Waals surface area contributed by atoms with E-state index in [1.54, 1.807) is 14.2 Å². The lowest BCUT2D eigenvalue weighted by molar-refractivity contribution is 0.163. The van der Waals surface area contributed by atoms with Crippen molar-refractivity contribution in [3.63, 3.8) is 0 Å². The molecule has 3 rings (SSSR count). The van der Waals surface area contributed by atoms with Gasteiger partial charge < -0.3 is 24.6 Å². The van der Waals surface area contributed by atoms with E-state index < -0.39 is 6.10 Å². The van der Waals surface area contributed by atoms with Crippen LogP contribution in [0.25, 0.3) is 0 Å². The molecule has 0 saturated carbocycles. The standard InChI is InChI=1S/C26H31NO4/c1-19(15-21-13-14-25(29-2)26(16-21)30-3)27-17-23(28)22-11-7-8-12-24(22)31-18-20-9-5-4-6-10-20/h4-14,16,19,23,27-28H,15,17-18H2,1-3H3/t19-,23+/m1/s1. The number of hydrogen-bond acceptors (Lipinski definition) is 5. The van der Waals surface area contributed by atoms with Crippen LogP contribution in [0.2, 0.25) is 0 Å². The summed E-state index contributed by atoms with van der Waals surface area (Å²) in [7, 11) is 3.27. The van der Waals surface area contributed by atoms with Crippen molar-refractivity contribution >= 4 is 0 Å². The molecule has 0 saturated heterocycles. The first kappa shape index (κ1) is 22.7. The number of ether oxygens (including phenoxy) is 3. The molecule has 3 aromatic carbocycles. The summed E-state index contributed by atoms with van der Waals surface area (Å²) in [6, 6.07) is 23.8. The summed E-state index contributed by atoms with van der Waals surface area (Å²) in [5, 5.41) is 14.2. The van der Waals surface area contributed by atoms with Crippen LogP contribution in [0.3, 0.4) is 0 Å². The van der Waals surface area contributed by atoms with E-state index in [4.69, 9.17) is 14.2 Å². The number of para-hydroxylation sites is 1. The third-order valence-corrected chi connectivity index (χ3v) is 5.16. The highest BCUT2D eigenvalue weighted by molar-refractivity contribution is 5.43. The second-order valence-electron chi connectivity index (χ2n) is 7.53. The molecule has 0 aromatic heterocycles. The van der Waals surface area contributed by atoms with Crippen LogP contribution in [-0.4, -0.2) is 31.9 Å². The molecule has 0 fully saturated rings. The lowest BCUT2D eigenvalue weighted by Crippen LogP contribution is -2.32. The molecule has 0 aliphatic carbocycles. The maximum absolute atomic E-state index is 10.8. The summed E-state index contributed by atoms with van der Waals surface area (Å²) in [5.74, 6) is 2.14. The predicted octanol–water partition coefficient (Wildman–Crippen LogP) is 4.54. The number of rotatable bonds is 11. The summed E-state index contributed by atoms with van der Waals surface area (Å²) < 4.78 is 16.7. The van der Waals surface area contributed by atoms with Gasteiger partial charge in [0.2, 0.25) is 0 Å². The Morgan fingerprint density at radius 2 is 1.52 bits per heavy atom. The average molecular weight is 422 g/mol. The van der Waals surface area contributed by atoms with Gasteiger partial charge in [-0.05, 0) is 42.7 Å². The lowest BCUT2D eigenvalue weighted by Gasteiger charge is -2.20. The Hall–Kier alpha value is -3.02. The van der Waals surface area contributed by atoms with Crippen LogP contribution in [0.1, 0.15) is 29.7 Å². The quantitative estimate of drug-likeness (QED) is 0.476. The number of aliphatic hydroxyl groups is 1. The molecule has 0 aliphatic rings. The van der Waals surface area contributed by atoms with Crippen molar-refractivity contribution in [2.45, 2.75) is 32.1 Å². The van der Waals surface area contributed by atoms with Gasteiger partial charge in [0, 0.05) is 18.2 Å². The number of aliphatic hydroxyl groups excluding tert-OH is 1. The molecule has 0 heterocycles. The highest BCUT2D eigenvalue weighted by Gasteiger charge is 2.15. The zero-order chi connectivity index (χ0) is 22.1. The van der Waals surface area contributed by atoms with Crippen LogP contribution in [-0.2, 0) is 13.0 Å². The number of benzene rings is 3. The van der Waals surface area contributed by atoms with E-state index in [0.29, 0.717) is 18.9 Å². The minimum atomic E-state index is -0.667. The monoisotopic (exact) mass is 421 g/mol. The van der Waals surface area contributed by atoms with Crippen molar-refractivity contribution in [1.82, 2.24) is 5.32 Å². The third-order valence-electron chi connectivity index (χ3n) is 5.16. The first-order chi connectivity index (χ1) is 15.1. The summed E-state index contributed by atoms with van der Waals surface area (Å²) in [6.07, 6.45) is 0.138. The van der Waals surface area contributed by atoms with Crippen LogP contribution in [0, 0.1) is 0 Å². The van der Waals surface area contributed by atoms with Gasteiger partial charge in [0.1, 0.15) is 12.4 Å². The first-order valence-corrected chi connectivity index (χ1v) is 10.5. The zero-order valence-corrected chi connectivity index (χ0v) is 18.4. The summed E-state index contributed by atoms with van der Waals surface area (Å²) in [4.78, 5) is 0. The van der Waals surface area contributed by atoms with Gasteiger partial charge in [-0.3, -0.25) is 0 Å². The highest BCUT2D eigenvalue weighted by atomic mass is 16.5. The van der Waals surface area contributed by atoms with Crippen molar-refractivity contribution in [2.24, 2.45) is 0 Å². The minimum Gasteiger partial charge on any atom is -0.493 e. The molecule has 0 radical (unpaired) electrons. The lowest BCUT2D eigenvalue weighted by atomic mass is 10.0. The molecule has 3 aromatic rings. The van der Waals surface area contributed by atoms with E-state index in [9.17, 15) is 5.11 Å². The molecule has 0 unspecified atom stereocenters. The average Bonchev–Trinajstić information content (AvgIpc) is 2.82. The van der Waals surface area contributed by atoms with Crippen molar-refractivity contribution in [1.29, 1.82) is 0 Å². The largest absolute Gasteiger partial charge is 0.493 e. The minimum absolute atomic E-state index is 0.171. The molecule has 164 valence electrons. The number of methoxy groups -OCH3 is 2. The van der Waals surface area contributed by atoms with Gasteiger partial charge in [-0.2, -0.15) is 0 Å². The zero-order valence-electron chi connectivity index (χ0n) is 18.4. The van der Waals surface area contributed by atoms with Crippen molar-refractivity contribution in [3.8, 4) is 17.2 Å². The topological polar surface area (TPSA) is 60.0 Å². The molecule has 0 spiro atoms. The fourth-order valence-corrected chi connectivity index (χ4v) is 3.48. The SMILES string of the molecule is COc1ccc(C[C@@H](C)NC[C@H](O)c2ccccc2OCc2ccccc2)cc1OC. The molecule has 5 nitrogen and oxygen atoms in total. The maximum Gasteiger partial charge on any atom is 0.160 e. The van der Waals surface area contributed by atoms with E-state index in [2.05, 4.69) is 12.2 Å². The van der Waals surface area contributed by atoms with Crippen LogP contribution < -0.4 is 19.5 Å². The predicted molar refractivity (Wildman–Crippen MR) is 123 cm³/mol. The van der Waals surface area contributed by atoms with Crippen LogP contribution in [0.5, 0.6) is 17.2 Å². The van der Waals surface area contributed by atoms with Gasteiger partial charge in [-0.15, -0.1) is 0 Å². The summed E-state index contributed by atoms with van der Waals surface area (Å²) in [5.41, 5.74) is 3.01. The second kappa shape index (κ2) is 11.4. The van der Waals surface area contributed by atoms with Crippen molar-refractivity contribution < 1.29 is 19.3 Å². The van der Waals surface area contributed by atoms with Gasteiger partial charge in [-0.1, -0.05) is 54.6 Å². The number of nitrogens with one attached hydrogen (secondary N) is 1. The Morgan fingerprint density at radius 1 is 0.806 bits per heavy atom. The summed E-state index contributed by atoms with van der Waals surface area (Å²) in [6.45, 7) is 3.00. The van der Waals surface area contributed by atoms with E-state index in [-0.39, 0.29) is 6.04 Å². The highest BCUT2D eigenvalue weighted by Crippen LogP contribution is 2.28. The molecule has 0 aliphatic heterocycles. The Kier molecular flexibility index (Phi) is 8.33. The molecule has 31 heavy (non-hydrogen) atoms. The Bertz CT molecular complexity index is 945.